The minimum atomic E-state index is -3.72. The SMILES string of the molecule is COc1ccc(S(=O)(=O)N2CCCC(C(=O)Nc3nc4c(F)cccc4s3)C2)cc1. The number of hydrogen-bond acceptors (Lipinski definition) is 6. The third kappa shape index (κ3) is 4.03. The Balaban J connectivity index is 1.48. The van der Waals surface area contributed by atoms with Crippen molar-refractivity contribution in [3.8, 4) is 5.75 Å². The van der Waals surface area contributed by atoms with Gasteiger partial charge < -0.3 is 10.1 Å². The van der Waals surface area contributed by atoms with E-state index in [2.05, 4.69) is 10.3 Å². The lowest BCUT2D eigenvalue weighted by Crippen LogP contribution is -2.43. The van der Waals surface area contributed by atoms with Crippen LogP contribution in [0.1, 0.15) is 12.8 Å². The number of piperidine rings is 1. The average molecular weight is 450 g/mol. The van der Waals surface area contributed by atoms with E-state index in [1.165, 1.54) is 41.0 Å². The number of carbonyl (C=O) groups excluding carboxylic acids is 1. The highest BCUT2D eigenvalue weighted by Crippen LogP contribution is 2.29. The second-order valence-corrected chi connectivity index (χ2v) is 9.94. The number of aromatic nitrogens is 1. The summed E-state index contributed by atoms with van der Waals surface area (Å²) < 4.78 is 46.8. The molecule has 3 aromatic rings. The average Bonchev–Trinajstić information content (AvgIpc) is 3.17. The first-order valence-electron chi connectivity index (χ1n) is 9.38. The van der Waals surface area contributed by atoms with Gasteiger partial charge >= 0.3 is 0 Å². The van der Waals surface area contributed by atoms with Crippen molar-refractivity contribution in [2.45, 2.75) is 17.7 Å². The minimum absolute atomic E-state index is 0.0828. The standard InChI is InChI=1S/C20H20FN3O4S2/c1-28-14-7-9-15(10-8-14)30(26,27)24-11-3-4-13(12-24)19(25)23-20-22-18-16(21)5-2-6-17(18)29-20/h2,5-10,13H,3-4,11-12H2,1H3,(H,22,23,25). The molecule has 1 amide bonds. The van der Waals surface area contributed by atoms with Crippen molar-refractivity contribution in [1.29, 1.82) is 0 Å². The number of nitrogens with one attached hydrogen (secondary N) is 1. The minimum Gasteiger partial charge on any atom is -0.497 e. The number of benzene rings is 2. The van der Waals surface area contributed by atoms with Crippen LogP contribution in [0.3, 0.4) is 0 Å². The number of nitrogens with zero attached hydrogens (tertiary/aromatic N) is 2. The fraction of sp³-hybridized carbons (Fsp3) is 0.300. The van der Waals surface area contributed by atoms with E-state index >= 15 is 0 Å². The molecule has 0 bridgehead atoms. The van der Waals surface area contributed by atoms with Crippen LogP contribution in [-0.4, -0.2) is 43.8 Å². The molecule has 1 atom stereocenters. The fourth-order valence-electron chi connectivity index (χ4n) is 3.45. The lowest BCUT2D eigenvalue weighted by molar-refractivity contribution is -0.120. The van der Waals surface area contributed by atoms with Crippen LogP contribution < -0.4 is 10.1 Å². The number of halogens is 1. The lowest BCUT2D eigenvalue weighted by atomic mass is 9.99. The Labute approximate surface area is 177 Å². The zero-order chi connectivity index (χ0) is 21.3. The van der Waals surface area contributed by atoms with Gasteiger partial charge in [-0.3, -0.25) is 4.79 Å². The molecule has 2 aromatic carbocycles. The summed E-state index contributed by atoms with van der Waals surface area (Å²) in [5, 5.41) is 3.02. The Morgan fingerprint density at radius 3 is 2.73 bits per heavy atom. The number of methoxy groups -OCH3 is 1. The van der Waals surface area contributed by atoms with E-state index in [9.17, 15) is 17.6 Å². The second kappa shape index (κ2) is 8.29. The van der Waals surface area contributed by atoms with E-state index in [4.69, 9.17) is 4.74 Å². The maximum Gasteiger partial charge on any atom is 0.243 e. The highest BCUT2D eigenvalue weighted by Gasteiger charge is 2.33. The van der Waals surface area contributed by atoms with Gasteiger partial charge in [0.25, 0.3) is 0 Å². The summed E-state index contributed by atoms with van der Waals surface area (Å²) in [5.41, 5.74) is 0.213. The second-order valence-electron chi connectivity index (χ2n) is 6.97. The van der Waals surface area contributed by atoms with Gasteiger partial charge in [0.15, 0.2) is 5.13 Å². The Hall–Kier alpha value is -2.56. The fourth-order valence-corrected chi connectivity index (χ4v) is 5.85. The zero-order valence-corrected chi connectivity index (χ0v) is 17.8. The number of ether oxygens (including phenoxy) is 1. The molecule has 1 unspecified atom stereocenters. The Kier molecular flexibility index (Phi) is 5.72. The van der Waals surface area contributed by atoms with Gasteiger partial charge in [-0.25, -0.2) is 17.8 Å². The van der Waals surface area contributed by atoms with E-state index < -0.39 is 21.8 Å². The molecule has 0 saturated carbocycles. The Morgan fingerprint density at radius 1 is 1.27 bits per heavy atom. The molecule has 10 heteroatoms. The van der Waals surface area contributed by atoms with Crippen molar-refractivity contribution in [2.24, 2.45) is 5.92 Å². The third-order valence-corrected chi connectivity index (χ3v) is 7.87. The van der Waals surface area contributed by atoms with Crippen molar-refractivity contribution < 1.29 is 22.3 Å². The smallest absolute Gasteiger partial charge is 0.243 e. The van der Waals surface area contributed by atoms with Crippen molar-refractivity contribution >= 4 is 42.6 Å². The molecule has 1 fully saturated rings. The van der Waals surface area contributed by atoms with E-state index in [-0.39, 0.29) is 22.9 Å². The van der Waals surface area contributed by atoms with E-state index in [0.717, 1.165) is 0 Å². The highest BCUT2D eigenvalue weighted by molar-refractivity contribution is 7.89. The maximum absolute atomic E-state index is 13.8. The number of rotatable bonds is 5. The number of hydrogen-bond donors (Lipinski definition) is 1. The number of sulfonamides is 1. The monoisotopic (exact) mass is 449 g/mol. The Bertz CT molecular complexity index is 1180. The number of carbonyl (C=O) groups is 1. The molecule has 7 nitrogen and oxygen atoms in total. The van der Waals surface area contributed by atoms with Crippen LogP contribution in [0.15, 0.2) is 47.4 Å². The van der Waals surface area contributed by atoms with Gasteiger partial charge in [-0.1, -0.05) is 17.4 Å². The molecule has 0 aliphatic carbocycles. The van der Waals surface area contributed by atoms with Crippen molar-refractivity contribution in [1.82, 2.24) is 9.29 Å². The first-order valence-corrected chi connectivity index (χ1v) is 11.6. The molecule has 4 rings (SSSR count). The molecule has 1 saturated heterocycles. The highest BCUT2D eigenvalue weighted by atomic mass is 32.2. The molecule has 158 valence electrons. The summed E-state index contributed by atoms with van der Waals surface area (Å²) in [4.78, 5) is 17.1. The van der Waals surface area contributed by atoms with Crippen LogP contribution in [0.25, 0.3) is 10.2 Å². The predicted octanol–water partition coefficient (Wildman–Crippen LogP) is 3.48. The molecule has 0 radical (unpaired) electrons. The van der Waals surface area contributed by atoms with E-state index in [0.29, 0.717) is 35.0 Å². The number of fused-ring (bicyclic) bond motifs is 1. The topological polar surface area (TPSA) is 88.6 Å². The van der Waals surface area contributed by atoms with Gasteiger partial charge in [0, 0.05) is 13.1 Å². The predicted molar refractivity (Wildman–Crippen MR) is 113 cm³/mol. The number of para-hydroxylation sites is 1. The summed E-state index contributed by atoms with van der Waals surface area (Å²) in [6.45, 7) is 0.434. The summed E-state index contributed by atoms with van der Waals surface area (Å²) in [7, 11) is -2.21. The lowest BCUT2D eigenvalue weighted by Gasteiger charge is -2.31. The van der Waals surface area contributed by atoms with E-state index in [1.54, 1.807) is 24.3 Å². The van der Waals surface area contributed by atoms with Crippen molar-refractivity contribution in [2.75, 3.05) is 25.5 Å². The maximum atomic E-state index is 13.8. The van der Waals surface area contributed by atoms with Gasteiger partial charge in [0.1, 0.15) is 17.1 Å². The third-order valence-electron chi connectivity index (χ3n) is 5.05. The van der Waals surface area contributed by atoms with Crippen molar-refractivity contribution in [3.63, 3.8) is 0 Å². The number of amides is 1. The molecule has 1 aliphatic rings. The molecule has 2 heterocycles. The van der Waals surface area contributed by atoms with Gasteiger partial charge in [0.05, 0.1) is 22.6 Å². The largest absolute Gasteiger partial charge is 0.497 e. The summed E-state index contributed by atoms with van der Waals surface area (Å²) in [6, 6.07) is 10.8. The van der Waals surface area contributed by atoms with Crippen LogP contribution >= 0.6 is 11.3 Å². The Morgan fingerprint density at radius 2 is 2.03 bits per heavy atom. The molecule has 1 aliphatic heterocycles. The first kappa shape index (κ1) is 20.7. The van der Waals surface area contributed by atoms with Crippen LogP contribution in [-0.2, 0) is 14.8 Å². The zero-order valence-electron chi connectivity index (χ0n) is 16.2. The summed E-state index contributed by atoms with van der Waals surface area (Å²) >= 11 is 1.18. The quantitative estimate of drug-likeness (QED) is 0.644. The summed E-state index contributed by atoms with van der Waals surface area (Å²) in [5.74, 6) is -0.705. The summed E-state index contributed by atoms with van der Waals surface area (Å²) in [6.07, 6.45) is 1.14. The van der Waals surface area contributed by atoms with Gasteiger partial charge in [0.2, 0.25) is 15.9 Å². The van der Waals surface area contributed by atoms with Crippen LogP contribution in [0.4, 0.5) is 9.52 Å². The van der Waals surface area contributed by atoms with Gasteiger partial charge in [-0.15, -0.1) is 0 Å². The number of anilines is 1. The molecular weight excluding hydrogens is 429 g/mol. The van der Waals surface area contributed by atoms with E-state index in [1.807, 2.05) is 0 Å². The van der Waals surface area contributed by atoms with Crippen LogP contribution in [0.5, 0.6) is 5.75 Å². The molecular formula is C20H20FN3O4S2. The van der Waals surface area contributed by atoms with Gasteiger partial charge in [-0.05, 0) is 49.2 Å². The first-order chi connectivity index (χ1) is 14.4. The molecule has 0 spiro atoms. The normalized spacial score (nSPS) is 17.7. The molecule has 1 aromatic heterocycles. The van der Waals surface area contributed by atoms with Gasteiger partial charge in [-0.2, -0.15) is 4.31 Å². The number of thiazole rings is 1. The molecule has 30 heavy (non-hydrogen) atoms. The molecule has 1 N–H and O–H groups in total. The van der Waals surface area contributed by atoms with Crippen molar-refractivity contribution in [3.05, 3.63) is 48.3 Å². The van der Waals surface area contributed by atoms with Crippen LogP contribution in [0.2, 0.25) is 0 Å². The van der Waals surface area contributed by atoms with Crippen LogP contribution in [0, 0.1) is 11.7 Å².